The van der Waals surface area contributed by atoms with E-state index in [2.05, 4.69) is 11.8 Å². The lowest BCUT2D eigenvalue weighted by atomic mass is 9.53. The van der Waals surface area contributed by atoms with Gasteiger partial charge in [0.25, 0.3) is 0 Å². The Balaban J connectivity index is 1.23. The molecule has 0 unspecified atom stereocenters. The van der Waals surface area contributed by atoms with Crippen LogP contribution in [0.5, 0.6) is 0 Å². The molecule has 6 atom stereocenters. The first-order valence-corrected chi connectivity index (χ1v) is 11.7. The Morgan fingerprint density at radius 3 is 2.72 bits per heavy atom. The topological polar surface area (TPSA) is 68.4 Å². The lowest BCUT2D eigenvalue weighted by Crippen LogP contribution is -2.51. The van der Waals surface area contributed by atoms with Crippen LogP contribution in [0.15, 0.2) is 0 Å². The number of hydrogen-bond donors (Lipinski definition) is 0. The number of esters is 2. The largest absolute Gasteiger partial charge is 0.466 e. The van der Waals surface area contributed by atoms with Gasteiger partial charge in [0.05, 0.1) is 30.7 Å². The lowest BCUT2D eigenvalue weighted by molar-refractivity contribution is -0.150. The molecule has 5 rings (SSSR count). The normalized spacial score (nSPS) is 44.8. The van der Waals surface area contributed by atoms with Crippen molar-refractivity contribution in [3.05, 3.63) is 0 Å². The van der Waals surface area contributed by atoms with E-state index in [-0.39, 0.29) is 40.9 Å². The summed E-state index contributed by atoms with van der Waals surface area (Å²) in [7, 11) is 0. The van der Waals surface area contributed by atoms with Gasteiger partial charge in [-0.3, -0.25) is 9.59 Å². The number of carbonyl (C=O) groups excluding carboxylic acids is 2. The second kappa shape index (κ2) is 7.23. The molecule has 2 aliphatic carbocycles. The smallest absolute Gasteiger partial charge is 0.310 e. The maximum atomic E-state index is 12.8. The van der Waals surface area contributed by atoms with Gasteiger partial charge in [0.15, 0.2) is 0 Å². The van der Waals surface area contributed by atoms with Gasteiger partial charge in [-0.1, -0.05) is 6.92 Å². The van der Waals surface area contributed by atoms with Crippen LogP contribution in [0, 0.1) is 29.1 Å². The van der Waals surface area contributed by atoms with Gasteiger partial charge in [-0.15, -0.1) is 0 Å². The summed E-state index contributed by atoms with van der Waals surface area (Å²) in [4.78, 5) is 27.2. The molecule has 0 N–H and O–H groups in total. The first kappa shape index (κ1) is 19.8. The molecule has 0 bridgehead atoms. The molecular formula is C23H35NO5. The summed E-state index contributed by atoms with van der Waals surface area (Å²) in [5.74, 6) is 0.811. The van der Waals surface area contributed by atoms with Gasteiger partial charge < -0.3 is 19.1 Å². The highest BCUT2D eigenvalue weighted by molar-refractivity contribution is 5.76. The van der Waals surface area contributed by atoms with Crippen molar-refractivity contribution in [3.8, 4) is 0 Å². The molecule has 6 nitrogen and oxygen atoms in total. The SMILES string of the molecule is CCOC(=O)C1CCN(C[C@H]2C(=O)O[C@@H]3C[C@@]4(C)CCC[C@]5(CO5)[C@H]4C[C@@H]32)CC1. The van der Waals surface area contributed by atoms with Crippen LogP contribution in [0.4, 0.5) is 0 Å². The molecule has 5 aliphatic rings. The maximum absolute atomic E-state index is 12.8. The molecule has 2 saturated carbocycles. The molecule has 0 aromatic heterocycles. The summed E-state index contributed by atoms with van der Waals surface area (Å²) in [5, 5.41) is 0. The second-order valence-electron chi connectivity index (χ2n) is 10.4. The van der Waals surface area contributed by atoms with Crippen molar-refractivity contribution < 1.29 is 23.8 Å². The highest BCUT2D eigenvalue weighted by Gasteiger charge is 2.65. The monoisotopic (exact) mass is 405 g/mol. The Morgan fingerprint density at radius 2 is 2.03 bits per heavy atom. The van der Waals surface area contributed by atoms with E-state index in [1.165, 1.54) is 19.3 Å². The van der Waals surface area contributed by atoms with Crippen LogP contribution < -0.4 is 0 Å². The number of ether oxygens (including phenoxy) is 3. The highest BCUT2D eigenvalue weighted by atomic mass is 16.6. The van der Waals surface area contributed by atoms with E-state index in [0.717, 1.165) is 51.9 Å². The van der Waals surface area contributed by atoms with Gasteiger partial charge in [0.2, 0.25) is 0 Å². The minimum Gasteiger partial charge on any atom is -0.466 e. The average molecular weight is 406 g/mol. The number of likely N-dealkylation sites (tertiary alicyclic amines) is 1. The number of epoxide rings is 1. The van der Waals surface area contributed by atoms with Crippen LogP contribution in [-0.2, 0) is 23.8 Å². The van der Waals surface area contributed by atoms with Gasteiger partial charge in [0.1, 0.15) is 6.10 Å². The zero-order chi connectivity index (χ0) is 20.2. The molecule has 29 heavy (non-hydrogen) atoms. The molecule has 3 aliphatic heterocycles. The zero-order valence-electron chi connectivity index (χ0n) is 17.9. The van der Waals surface area contributed by atoms with Crippen LogP contribution in [0.25, 0.3) is 0 Å². The minimum absolute atomic E-state index is 0.000489. The van der Waals surface area contributed by atoms with Gasteiger partial charge in [-0.25, -0.2) is 0 Å². The molecule has 0 amide bonds. The van der Waals surface area contributed by atoms with Gasteiger partial charge >= 0.3 is 11.9 Å². The molecule has 5 fully saturated rings. The Bertz CT molecular complexity index is 668. The van der Waals surface area contributed by atoms with Gasteiger partial charge in [-0.2, -0.15) is 0 Å². The summed E-state index contributed by atoms with van der Waals surface area (Å²) >= 11 is 0. The quantitative estimate of drug-likeness (QED) is 0.529. The minimum atomic E-state index is -0.0638. The summed E-state index contributed by atoms with van der Waals surface area (Å²) in [6, 6.07) is 0. The fourth-order valence-electron chi connectivity index (χ4n) is 7.06. The zero-order valence-corrected chi connectivity index (χ0v) is 17.9. The third kappa shape index (κ3) is 3.40. The van der Waals surface area contributed by atoms with Crippen LogP contribution in [0.3, 0.4) is 0 Å². The predicted octanol–water partition coefficient (Wildman–Crippen LogP) is 2.79. The summed E-state index contributed by atoms with van der Waals surface area (Å²) < 4.78 is 17.1. The first-order valence-electron chi connectivity index (χ1n) is 11.7. The number of nitrogens with zero attached hydrogens (tertiary/aromatic N) is 1. The third-order valence-electron chi connectivity index (χ3n) is 8.74. The number of rotatable bonds is 4. The van der Waals surface area contributed by atoms with Crippen LogP contribution >= 0.6 is 0 Å². The fourth-order valence-corrected chi connectivity index (χ4v) is 7.06. The highest BCUT2D eigenvalue weighted by Crippen LogP contribution is 2.62. The van der Waals surface area contributed by atoms with Crippen LogP contribution in [0.2, 0.25) is 0 Å². The molecule has 0 aromatic rings. The Kier molecular flexibility index (Phi) is 4.93. The lowest BCUT2D eigenvalue weighted by Gasteiger charge is -2.51. The Labute approximate surface area is 173 Å². The molecule has 6 heteroatoms. The molecular weight excluding hydrogens is 370 g/mol. The summed E-state index contributed by atoms with van der Waals surface area (Å²) in [6.45, 7) is 8.10. The first-order chi connectivity index (χ1) is 13.9. The number of fused-ring (bicyclic) bond motifs is 3. The van der Waals surface area contributed by atoms with E-state index < -0.39 is 0 Å². The van der Waals surface area contributed by atoms with E-state index in [9.17, 15) is 9.59 Å². The van der Waals surface area contributed by atoms with E-state index in [0.29, 0.717) is 18.4 Å². The molecule has 1 spiro atoms. The van der Waals surface area contributed by atoms with Gasteiger partial charge in [0, 0.05) is 12.5 Å². The van der Waals surface area contributed by atoms with Crippen molar-refractivity contribution in [1.29, 1.82) is 0 Å². The van der Waals surface area contributed by atoms with Crippen molar-refractivity contribution in [1.82, 2.24) is 4.90 Å². The summed E-state index contributed by atoms with van der Waals surface area (Å²) in [6.07, 6.45) is 7.45. The van der Waals surface area contributed by atoms with Gasteiger partial charge in [-0.05, 0) is 76.3 Å². The van der Waals surface area contributed by atoms with Crippen molar-refractivity contribution >= 4 is 11.9 Å². The molecule has 0 aromatic carbocycles. The standard InChI is InChI=1S/C23H35NO5/c1-3-27-20(25)15-5-9-24(10-6-15)13-17-16-11-19-22(2,12-18(16)29-21(17)26)7-4-8-23(19)14-28-23/h15-19H,3-14H2,1-2H3/t16-,17-,18-,19+,22-,23+/m1/s1. The fraction of sp³-hybridized carbons (Fsp3) is 0.913. The van der Waals surface area contributed by atoms with E-state index in [4.69, 9.17) is 14.2 Å². The number of piperidine rings is 1. The average Bonchev–Trinajstić information content (AvgIpc) is 3.40. The second-order valence-corrected chi connectivity index (χ2v) is 10.4. The molecule has 0 radical (unpaired) electrons. The van der Waals surface area contributed by atoms with Crippen molar-refractivity contribution in [2.45, 2.75) is 70.5 Å². The Hall–Kier alpha value is -1.14. The van der Waals surface area contributed by atoms with E-state index in [1.54, 1.807) is 0 Å². The van der Waals surface area contributed by atoms with Crippen LogP contribution in [0.1, 0.15) is 58.8 Å². The molecule has 3 heterocycles. The van der Waals surface area contributed by atoms with Crippen molar-refractivity contribution in [2.24, 2.45) is 29.1 Å². The molecule has 3 saturated heterocycles. The maximum Gasteiger partial charge on any atom is 0.310 e. The third-order valence-corrected chi connectivity index (χ3v) is 8.74. The summed E-state index contributed by atoms with van der Waals surface area (Å²) in [5.41, 5.74) is 0.356. The van der Waals surface area contributed by atoms with Crippen molar-refractivity contribution in [2.75, 3.05) is 32.8 Å². The number of hydrogen-bond acceptors (Lipinski definition) is 6. The van der Waals surface area contributed by atoms with Crippen molar-refractivity contribution in [3.63, 3.8) is 0 Å². The predicted molar refractivity (Wildman–Crippen MR) is 106 cm³/mol. The van der Waals surface area contributed by atoms with Crippen LogP contribution in [-0.4, -0.2) is 61.4 Å². The Morgan fingerprint density at radius 1 is 1.28 bits per heavy atom. The van der Waals surface area contributed by atoms with E-state index in [1.807, 2.05) is 6.92 Å². The number of carbonyl (C=O) groups is 2. The van der Waals surface area contributed by atoms with E-state index >= 15 is 0 Å². The molecule has 162 valence electrons.